The van der Waals surface area contributed by atoms with E-state index in [-0.39, 0.29) is 24.0 Å². The molecule has 154 valence electrons. The monoisotopic (exact) mass is 387 g/mol. The molecule has 0 aromatic heterocycles. The van der Waals surface area contributed by atoms with Crippen molar-refractivity contribution in [1.29, 1.82) is 0 Å². The summed E-state index contributed by atoms with van der Waals surface area (Å²) in [6, 6.07) is 6.16. The second-order valence-electron chi connectivity index (χ2n) is 8.88. The van der Waals surface area contributed by atoms with Crippen LogP contribution in [0.1, 0.15) is 44.7 Å². The molecule has 1 aromatic rings. The van der Waals surface area contributed by atoms with Crippen LogP contribution in [0.2, 0.25) is 0 Å². The number of hydrogen-bond acceptors (Lipinski definition) is 4. The summed E-state index contributed by atoms with van der Waals surface area (Å²) in [5.41, 5.74) is 2.53. The highest BCUT2D eigenvalue weighted by molar-refractivity contribution is 5.79. The predicted octanol–water partition coefficient (Wildman–Crippen LogP) is 2.00. The Morgan fingerprint density at radius 3 is 2.61 bits per heavy atom. The fourth-order valence-electron chi connectivity index (χ4n) is 3.91. The second-order valence-corrected chi connectivity index (χ2v) is 8.88. The Hall–Kier alpha value is -2.08. The van der Waals surface area contributed by atoms with Crippen LogP contribution in [0.4, 0.5) is 0 Å². The Morgan fingerprint density at radius 2 is 1.82 bits per heavy atom. The SMILES string of the molecule is CC(C)(C)NC(=O)CN1CCCN(C(=O)COc2ccc3c(c2)CCC3)CC1. The number of nitrogens with zero attached hydrogens (tertiary/aromatic N) is 2. The number of benzene rings is 1. The van der Waals surface area contributed by atoms with Crippen molar-refractivity contribution in [2.24, 2.45) is 0 Å². The third kappa shape index (κ3) is 5.96. The number of amides is 2. The molecule has 3 rings (SSSR count). The van der Waals surface area contributed by atoms with Gasteiger partial charge in [-0.2, -0.15) is 0 Å². The van der Waals surface area contributed by atoms with Gasteiger partial charge >= 0.3 is 0 Å². The number of nitrogens with one attached hydrogen (secondary N) is 1. The zero-order valence-corrected chi connectivity index (χ0v) is 17.4. The van der Waals surface area contributed by atoms with Gasteiger partial charge in [-0.05, 0) is 69.7 Å². The number of aryl methyl sites for hydroxylation is 2. The molecule has 1 heterocycles. The van der Waals surface area contributed by atoms with E-state index < -0.39 is 0 Å². The highest BCUT2D eigenvalue weighted by atomic mass is 16.5. The third-order valence-corrected chi connectivity index (χ3v) is 5.26. The van der Waals surface area contributed by atoms with Gasteiger partial charge in [0.1, 0.15) is 5.75 Å². The molecule has 0 bridgehead atoms. The first-order valence-corrected chi connectivity index (χ1v) is 10.4. The molecular formula is C22H33N3O3. The lowest BCUT2D eigenvalue weighted by Gasteiger charge is -2.25. The van der Waals surface area contributed by atoms with Crippen LogP contribution in [-0.2, 0) is 22.4 Å². The number of carbonyl (C=O) groups excluding carboxylic acids is 2. The zero-order chi connectivity index (χ0) is 20.1. The summed E-state index contributed by atoms with van der Waals surface area (Å²) in [6.07, 6.45) is 4.32. The molecule has 1 saturated heterocycles. The summed E-state index contributed by atoms with van der Waals surface area (Å²) >= 11 is 0. The van der Waals surface area contributed by atoms with Crippen LogP contribution >= 0.6 is 0 Å². The minimum Gasteiger partial charge on any atom is -0.484 e. The minimum absolute atomic E-state index is 0.0153. The maximum absolute atomic E-state index is 12.6. The van der Waals surface area contributed by atoms with E-state index in [2.05, 4.69) is 22.3 Å². The highest BCUT2D eigenvalue weighted by Gasteiger charge is 2.22. The highest BCUT2D eigenvalue weighted by Crippen LogP contribution is 2.26. The predicted molar refractivity (Wildman–Crippen MR) is 109 cm³/mol. The maximum Gasteiger partial charge on any atom is 0.260 e. The molecule has 28 heavy (non-hydrogen) atoms. The standard InChI is InChI=1S/C22H33N3O3/c1-22(2,3)23-20(26)15-24-10-5-11-25(13-12-24)21(27)16-28-19-9-8-17-6-4-7-18(17)14-19/h8-9,14H,4-7,10-13,15-16H2,1-3H3,(H,23,26). The minimum atomic E-state index is -0.222. The average Bonchev–Trinajstić information content (AvgIpc) is 2.96. The van der Waals surface area contributed by atoms with Crippen LogP contribution in [-0.4, -0.2) is 66.5 Å². The Balaban J connectivity index is 1.44. The molecule has 6 nitrogen and oxygen atoms in total. The van der Waals surface area contributed by atoms with Gasteiger partial charge in [-0.1, -0.05) is 6.07 Å². The van der Waals surface area contributed by atoms with Crippen molar-refractivity contribution < 1.29 is 14.3 Å². The summed E-state index contributed by atoms with van der Waals surface area (Å²) in [4.78, 5) is 28.7. The molecule has 0 saturated carbocycles. The zero-order valence-electron chi connectivity index (χ0n) is 17.4. The fourth-order valence-corrected chi connectivity index (χ4v) is 3.91. The van der Waals surface area contributed by atoms with E-state index in [4.69, 9.17) is 4.74 Å². The van der Waals surface area contributed by atoms with Gasteiger partial charge in [0.05, 0.1) is 6.54 Å². The van der Waals surface area contributed by atoms with E-state index in [9.17, 15) is 9.59 Å². The molecule has 1 aliphatic heterocycles. The normalized spacial score (nSPS) is 17.8. The lowest BCUT2D eigenvalue weighted by molar-refractivity contribution is -0.133. The Labute approximate surface area is 168 Å². The lowest BCUT2D eigenvalue weighted by Crippen LogP contribution is -2.46. The number of carbonyl (C=O) groups is 2. The smallest absolute Gasteiger partial charge is 0.260 e. The summed E-state index contributed by atoms with van der Waals surface area (Å²) < 4.78 is 5.76. The number of hydrogen-bond donors (Lipinski definition) is 1. The Bertz CT molecular complexity index is 711. The molecule has 1 fully saturated rings. The van der Waals surface area contributed by atoms with Crippen LogP contribution in [0, 0.1) is 0 Å². The van der Waals surface area contributed by atoms with Crippen LogP contribution in [0.15, 0.2) is 18.2 Å². The van der Waals surface area contributed by atoms with E-state index in [0.29, 0.717) is 26.2 Å². The van der Waals surface area contributed by atoms with Gasteiger partial charge in [0.2, 0.25) is 5.91 Å². The summed E-state index contributed by atoms with van der Waals surface area (Å²) in [5.74, 6) is 0.831. The topological polar surface area (TPSA) is 61.9 Å². The first-order valence-electron chi connectivity index (χ1n) is 10.4. The Morgan fingerprint density at radius 1 is 1.04 bits per heavy atom. The van der Waals surface area contributed by atoms with Crippen LogP contribution in [0.25, 0.3) is 0 Å². The van der Waals surface area contributed by atoms with Crippen molar-refractivity contribution >= 4 is 11.8 Å². The average molecular weight is 388 g/mol. The van der Waals surface area contributed by atoms with E-state index in [1.807, 2.05) is 31.7 Å². The van der Waals surface area contributed by atoms with Gasteiger partial charge in [0.25, 0.3) is 5.91 Å². The molecule has 1 N–H and O–H groups in total. The van der Waals surface area contributed by atoms with Gasteiger partial charge in [-0.15, -0.1) is 0 Å². The maximum atomic E-state index is 12.6. The first kappa shape index (κ1) is 20.6. The van der Waals surface area contributed by atoms with Crippen molar-refractivity contribution in [3.05, 3.63) is 29.3 Å². The van der Waals surface area contributed by atoms with Gasteiger partial charge in [0.15, 0.2) is 6.61 Å². The van der Waals surface area contributed by atoms with Crippen molar-refractivity contribution in [3.8, 4) is 5.75 Å². The molecule has 2 amide bonds. The van der Waals surface area contributed by atoms with E-state index in [1.165, 1.54) is 17.5 Å². The molecule has 1 aliphatic carbocycles. The van der Waals surface area contributed by atoms with E-state index in [1.54, 1.807) is 0 Å². The van der Waals surface area contributed by atoms with Crippen molar-refractivity contribution in [3.63, 3.8) is 0 Å². The summed E-state index contributed by atoms with van der Waals surface area (Å²) in [7, 11) is 0. The third-order valence-electron chi connectivity index (χ3n) is 5.26. The van der Waals surface area contributed by atoms with Crippen LogP contribution in [0.5, 0.6) is 5.75 Å². The quantitative estimate of drug-likeness (QED) is 0.840. The van der Waals surface area contributed by atoms with Gasteiger partial charge in [-0.25, -0.2) is 0 Å². The molecular weight excluding hydrogens is 354 g/mol. The largest absolute Gasteiger partial charge is 0.484 e. The number of rotatable bonds is 5. The van der Waals surface area contributed by atoms with Crippen molar-refractivity contribution in [2.45, 2.75) is 52.0 Å². The van der Waals surface area contributed by atoms with Gasteiger partial charge < -0.3 is 15.0 Å². The summed E-state index contributed by atoms with van der Waals surface area (Å²) in [5, 5.41) is 3.00. The summed E-state index contributed by atoms with van der Waals surface area (Å²) in [6.45, 7) is 9.28. The number of fused-ring (bicyclic) bond motifs is 1. The first-order chi connectivity index (χ1) is 13.3. The van der Waals surface area contributed by atoms with Crippen molar-refractivity contribution in [2.75, 3.05) is 39.3 Å². The molecule has 0 unspecified atom stereocenters. The molecule has 6 heteroatoms. The van der Waals surface area contributed by atoms with Crippen LogP contribution < -0.4 is 10.1 Å². The van der Waals surface area contributed by atoms with E-state index >= 15 is 0 Å². The van der Waals surface area contributed by atoms with Crippen LogP contribution in [0.3, 0.4) is 0 Å². The molecule has 0 atom stereocenters. The lowest BCUT2D eigenvalue weighted by atomic mass is 10.1. The molecule has 0 radical (unpaired) electrons. The molecule has 2 aliphatic rings. The van der Waals surface area contributed by atoms with E-state index in [0.717, 1.165) is 31.6 Å². The number of ether oxygens (including phenoxy) is 1. The molecule has 1 aromatic carbocycles. The second kappa shape index (κ2) is 8.95. The fraction of sp³-hybridized carbons (Fsp3) is 0.636. The molecule has 0 spiro atoms. The van der Waals surface area contributed by atoms with Gasteiger partial charge in [0, 0.05) is 31.7 Å². The van der Waals surface area contributed by atoms with Gasteiger partial charge in [-0.3, -0.25) is 14.5 Å². The Kier molecular flexibility index (Phi) is 6.60. The van der Waals surface area contributed by atoms with Crippen molar-refractivity contribution in [1.82, 2.24) is 15.1 Å².